The van der Waals surface area contributed by atoms with Crippen molar-refractivity contribution >= 4 is 16.6 Å². The van der Waals surface area contributed by atoms with E-state index in [0.29, 0.717) is 22.0 Å². The Morgan fingerprint density at radius 2 is 1.64 bits per heavy atom. The molecule has 5 heteroatoms. The van der Waals surface area contributed by atoms with E-state index in [1.807, 2.05) is 19.1 Å². The first-order valence-corrected chi connectivity index (χ1v) is 8.07. The Labute approximate surface area is 132 Å². The molecule has 0 fully saturated rings. The number of hydrogen-bond acceptors (Lipinski definition) is 4. The summed E-state index contributed by atoms with van der Waals surface area (Å²) in [5, 5.41) is 0. The van der Waals surface area contributed by atoms with Crippen molar-refractivity contribution < 1.29 is 18.5 Å². The first-order valence-electron chi connectivity index (χ1n) is 6.75. The van der Waals surface area contributed by atoms with Gasteiger partial charge in [0.15, 0.2) is 17.3 Å². The first-order chi connectivity index (χ1) is 10.5. The Kier molecular flexibility index (Phi) is 5.33. The molecule has 0 N–H and O–H groups in total. The SMILES string of the molecule is COc1ccc(C(=O)CS(=O)c2ccc(C)cc2)cc1OC. The summed E-state index contributed by atoms with van der Waals surface area (Å²) in [4.78, 5) is 12.9. The third-order valence-electron chi connectivity index (χ3n) is 3.25. The molecule has 0 aliphatic heterocycles. The van der Waals surface area contributed by atoms with Gasteiger partial charge in [-0.3, -0.25) is 9.00 Å². The van der Waals surface area contributed by atoms with Crippen LogP contribution in [0.2, 0.25) is 0 Å². The molecule has 4 nitrogen and oxygen atoms in total. The number of ether oxygens (including phenoxy) is 2. The molecule has 0 aliphatic rings. The van der Waals surface area contributed by atoms with Gasteiger partial charge < -0.3 is 9.47 Å². The van der Waals surface area contributed by atoms with Crippen LogP contribution in [0.5, 0.6) is 11.5 Å². The van der Waals surface area contributed by atoms with Crippen LogP contribution in [-0.2, 0) is 10.8 Å². The zero-order chi connectivity index (χ0) is 16.1. The van der Waals surface area contributed by atoms with Crippen molar-refractivity contribution in [3.63, 3.8) is 0 Å². The number of carbonyl (C=O) groups excluding carboxylic acids is 1. The van der Waals surface area contributed by atoms with Crippen LogP contribution in [0.15, 0.2) is 47.4 Å². The molecule has 0 spiro atoms. The van der Waals surface area contributed by atoms with E-state index in [1.165, 1.54) is 14.2 Å². The van der Waals surface area contributed by atoms with Crippen molar-refractivity contribution in [2.75, 3.05) is 20.0 Å². The standard InChI is InChI=1S/C17H18O4S/c1-12-4-7-14(8-5-12)22(19)11-15(18)13-6-9-16(20-2)17(10-13)21-3/h4-10H,11H2,1-3H3. The van der Waals surface area contributed by atoms with Crippen molar-refractivity contribution in [1.82, 2.24) is 0 Å². The lowest BCUT2D eigenvalue weighted by molar-refractivity contribution is 0.102. The minimum Gasteiger partial charge on any atom is -0.493 e. The Hall–Kier alpha value is -2.14. The molecular weight excluding hydrogens is 300 g/mol. The minimum absolute atomic E-state index is 0.0570. The number of benzene rings is 2. The van der Waals surface area contributed by atoms with Gasteiger partial charge in [-0.25, -0.2) is 0 Å². The third kappa shape index (κ3) is 3.74. The summed E-state index contributed by atoms with van der Waals surface area (Å²) in [6.07, 6.45) is 0. The molecule has 0 saturated heterocycles. The topological polar surface area (TPSA) is 52.6 Å². The van der Waals surface area contributed by atoms with E-state index in [9.17, 15) is 9.00 Å². The highest BCUT2D eigenvalue weighted by Crippen LogP contribution is 2.27. The monoisotopic (exact) mass is 318 g/mol. The average Bonchev–Trinajstić information content (AvgIpc) is 2.54. The maximum Gasteiger partial charge on any atom is 0.175 e. The van der Waals surface area contributed by atoms with Crippen LogP contribution in [0.3, 0.4) is 0 Å². The minimum atomic E-state index is -1.36. The van der Waals surface area contributed by atoms with Gasteiger partial charge in [0, 0.05) is 10.5 Å². The number of carbonyl (C=O) groups is 1. The Morgan fingerprint density at radius 1 is 1.00 bits per heavy atom. The van der Waals surface area contributed by atoms with Gasteiger partial charge in [-0.15, -0.1) is 0 Å². The molecule has 22 heavy (non-hydrogen) atoms. The summed E-state index contributed by atoms with van der Waals surface area (Å²) in [6.45, 7) is 1.96. The predicted octanol–water partition coefficient (Wildman–Crippen LogP) is 3.00. The molecule has 0 heterocycles. The summed E-state index contributed by atoms with van der Waals surface area (Å²) in [5.41, 5.74) is 1.55. The summed E-state index contributed by atoms with van der Waals surface area (Å²) in [7, 11) is 1.68. The second-order valence-electron chi connectivity index (χ2n) is 4.80. The number of Topliss-reactive ketones (excluding diaryl/α,β-unsaturated/α-hetero) is 1. The summed E-state index contributed by atoms with van der Waals surface area (Å²) < 4.78 is 22.6. The van der Waals surface area contributed by atoms with Gasteiger partial charge in [-0.05, 0) is 37.3 Å². The molecule has 2 aromatic rings. The molecule has 0 saturated carbocycles. The van der Waals surface area contributed by atoms with Gasteiger partial charge in [0.25, 0.3) is 0 Å². The van der Waals surface area contributed by atoms with Crippen molar-refractivity contribution in [1.29, 1.82) is 0 Å². The summed E-state index contributed by atoms with van der Waals surface area (Å²) >= 11 is 0. The zero-order valence-electron chi connectivity index (χ0n) is 12.8. The lowest BCUT2D eigenvalue weighted by atomic mass is 10.1. The quantitative estimate of drug-likeness (QED) is 0.768. The molecule has 0 bridgehead atoms. The lowest BCUT2D eigenvalue weighted by Crippen LogP contribution is -2.11. The summed E-state index contributed by atoms with van der Waals surface area (Å²) in [6, 6.07) is 12.3. The largest absolute Gasteiger partial charge is 0.493 e. The van der Waals surface area contributed by atoms with Crippen LogP contribution in [0.1, 0.15) is 15.9 Å². The van der Waals surface area contributed by atoms with E-state index >= 15 is 0 Å². The van der Waals surface area contributed by atoms with E-state index < -0.39 is 10.8 Å². The molecule has 116 valence electrons. The maximum absolute atomic E-state index is 12.3. The first kappa shape index (κ1) is 16.2. The average molecular weight is 318 g/mol. The summed E-state index contributed by atoms with van der Waals surface area (Å²) in [5.74, 6) is 0.784. The fraction of sp³-hybridized carbons (Fsp3) is 0.235. The van der Waals surface area contributed by atoms with Gasteiger partial charge in [-0.1, -0.05) is 17.7 Å². The van der Waals surface area contributed by atoms with Gasteiger partial charge in [-0.2, -0.15) is 0 Å². The number of rotatable bonds is 6. The Bertz CT molecular complexity index is 692. The van der Waals surface area contributed by atoms with Gasteiger partial charge in [0.05, 0.1) is 30.8 Å². The van der Waals surface area contributed by atoms with Crippen molar-refractivity contribution in [3.8, 4) is 11.5 Å². The van der Waals surface area contributed by atoms with Crippen molar-refractivity contribution in [2.45, 2.75) is 11.8 Å². The fourth-order valence-electron chi connectivity index (χ4n) is 1.99. The Morgan fingerprint density at radius 3 is 2.23 bits per heavy atom. The van der Waals surface area contributed by atoms with E-state index in [4.69, 9.17) is 9.47 Å². The molecule has 1 unspecified atom stereocenters. The molecule has 0 aromatic heterocycles. The van der Waals surface area contributed by atoms with Crippen molar-refractivity contribution in [3.05, 3.63) is 53.6 Å². The second kappa shape index (κ2) is 7.22. The van der Waals surface area contributed by atoms with E-state index in [1.54, 1.807) is 30.3 Å². The zero-order valence-corrected chi connectivity index (χ0v) is 13.6. The van der Waals surface area contributed by atoms with E-state index in [0.717, 1.165) is 5.56 Å². The van der Waals surface area contributed by atoms with Crippen LogP contribution in [-0.4, -0.2) is 30.0 Å². The van der Waals surface area contributed by atoms with Crippen LogP contribution in [0, 0.1) is 6.92 Å². The van der Waals surface area contributed by atoms with Crippen molar-refractivity contribution in [2.24, 2.45) is 0 Å². The van der Waals surface area contributed by atoms with Gasteiger partial charge >= 0.3 is 0 Å². The second-order valence-corrected chi connectivity index (χ2v) is 6.25. The molecule has 0 amide bonds. The number of methoxy groups -OCH3 is 2. The fourth-order valence-corrected chi connectivity index (χ4v) is 3.00. The molecule has 0 radical (unpaired) electrons. The molecule has 2 rings (SSSR count). The smallest absolute Gasteiger partial charge is 0.175 e. The van der Waals surface area contributed by atoms with Crippen LogP contribution < -0.4 is 9.47 Å². The van der Waals surface area contributed by atoms with Gasteiger partial charge in [0.1, 0.15) is 0 Å². The molecular formula is C17H18O4S. The number of ketones is 1. The van der Waals surface area contributed by atoms with E-state index in [-0.39, 0.29) is 11.5 Å². The van der Waals surface area contributed by atoms with Gasteiger partial charge in [0.2, 0.25) is 0 Å². The Balaban J connectivity index is 2.15. The lowest BCUT2D eigenvalue weighted by Gasteiger charge is -2.09. The number of hydrogen-bond donors (Lipinski definition) is 0. The molecule has 2 aromatic carbocycles. The number of aryl methyl sites for hydroxylation is 1. The molecule has 0 aliphatic carbocycles. The van der Waals surface area contributed by atoms with Crippen LogP contribution >= 0.6 is 0 Å². The van der Waals surface area contributed by atoms with Crippen LogP contribution in [0.25, 0.3) is 0 Å². The highest BCUT2D eigenvalue weighted by atomic mass is 32.2. The van der Waals surface area contributed by atoms with Crippen LogP contribution in [0.4, 0.5) is 0 Å². The third-order valence-corrected chi connectivity index (χ3v) is 4.57. The highest BCUT2D eigenvalue weighted by molar-refractivity contribution is 7.85. The predicted molar refractivity (Wildman–Crippen MR) is 86.3 cm³/mol. The molecule has 1 atom stereocenters. The normalized spacial score (nSPS) is 11.8. The highest BCUT2D eigenvalue weighted by Gasteiger charge is 2.14. The van der Waals surface area contributed by atoms with E-state index in [2.05, 4.69) is 0 Å². The maximum atomic E-state index is 12.3.